The molecule has 196 valence electrons. The molecule has 4 rings (SSSR count). The van der Waals surface area contributed by atoms with Crippen molar-refractivity contribution in [2.45, 2.75) is 31.7 Å². The van der Waals surface area contributed by atoms with Gasteiger partial charge in [-0.1, -0.05) is 0 Å². The lowest BCUT2D eigenvalue weighted by molar-refractivity contribution is 0.0299. The summed E-state index contributed by atoms with van der Waals surface area (Å²) in [5.41, 5.74) is 0.224. The van der Waals surface area contributed by atoms with Crippen LogP contribution in [0.1, 0.15) is 36.0 Å². The maximum absolute atomic E-state index is 15.0. The van der Waals surface area contributed by atoms with Crippen molar-refractivity contribution in [3.63, 3.8) is 0 Å². The lowest BCUT2D eigenvalue weighted by Crippen LogP contribution is -2.41. The standard InChI is InChI=1S/C25H34FN5O5/c1-27-17-6-4-16(5-7-17)15-36-23-22(34-3)14-28-25(30-23)29-20-13-19(26)18(12-21(20)33-2)24(32)31-8-10-35-11-9-31/h12-14,16-17,27H,4-11,15H2,1-3H3,(H,28,29,30). The van der Waals surface area contributed by atoms with E-state index in [4.69, 9.17) is 18.9 Å². The summed E-state index contributed by atoms with van der Waals surface area (Å²) in [5.74, 6) is 0.568. The first-order chi connectivity index (χ1) is 17.5. The number of methoxy groups -OCH3 is 2. The van der Waals surface area contributed by atoms with Crippen LogP contribution in [-0.2, 0) is 4.74 Å². The van der Waals surface area contributed by atoms with Crippen LogP contribution in [0.2, 0.25) is 0 Å². The molecule has 10 nitrogen and oxygen atoms in total. The number of rotatable bonds is 9. The van der Waals surface area contributed by atoms with Gasteiger partial charge in [-0.15, -0.1) is 0 Å². The molecule has 1 saturated heterocycles. The Hall–Kier alpha value is -3.18. The molecule has 2 aliphatic rings. The number of benzene rings is 1. The Morgan fingerprint density at radius 3 is 2.53 bits per heavy atom. The molecule has 1 amide bonds. The monoisotopic (exact) mass is 503 g/mol. The maximum Gasteiger partial charge on any atom is 0.262 e. The second kappa shape index (κ2) is 12.2. The van der Waals surface area contributed by atoms with Crippen LogP contribution in [0.3, 0.4) is 0 Å². The topological polar surface area (TPSA) is 107 Å². The van der Waals surface area contributed by atoms with Crippen molar-refractivity contribution < 1.29 is 28.1 Å². The van der Waals surface area contributed by atoms with Gasteiger partial charge in [0.25, 0.3) is 11.8 Å². The number of amides is 1. The Kier molecular flexibility index (Phi) is 8.76. The van der Waals surface area contributed by atoms with Gasteiger partial charge < -0.3 is 34.5 Å². The second-order valence-electron chi connectivity index (χ2n) is 8.95. The molecule has 2 N–H and O–H groups in total. The summed E-state index contributed by atoms with van der Waals surface area (Å²) in [7, 11) is 4.98. The Morgan fingerprint density at radius 2 is 1.86 bits per heavy atom. The number of hydrogen-bond donors (Lipinski definition) is 2. The molecule has 1 aromatic carbocycles. The minimum Gasteiger partial charge on any atom is -0.495 e. The molecule has 0 spiro atoms. The van der Waals surface area contributed by atoms with Gasteiger partial charge in [-0.25, -0.2) is 9.37 Å². The molecule has 1 aromatic heterocycles. The summed E-state index contributed by atoms with van der Waals surface area (Å²) in [6, 6.07) is 3.16. The Bertz CT molecular complexity index is 1040. The lowest BCUT2D eigenvalue weighted by Gasteiger charge is -2.28. The van der Waals surface area contributed by atoms with Gasteiger partial charge in [0.2, 0.25) is 5.95 Å². The molecule has 0 unspecified atom stereocenters. The molecular formula is C25H34FN5O5. The van der Waals surface area contributed by atoms with Crippen molar-refractivity contribution in [1.82, 2.24) is 20.2 Å². The predicted octanol–water partition coefficient (Wildman–Crippen LogP) is 3.01. The number of nitrogens with zero attached hydrogens (tertiary/aromatic N) is 3. The molecule has 0 radical (unpaired) electrons. The van der Waals surface area contributed by atoms with E-state index in [0.29, 0.717) is 56.5 Å². The van der Waals surface area contributed by atoms with Crippen LogP contribution in [0.15, 0.2) is 18.3 Å². The Balaban J connectivity index is 1.48. The first-order valence-electron chi connectivity index (χ1n) is 12.2. The van der Waals surface area contributed by atoms with Crippen molar-refractivity contribution in [2.75, 3.05) is 59.5 Å². The number of anilines is 2. The summed E-state index contributed by atoms with van der Waals surface area (Å²) in [6.45, 7) is 2.22. The van der Waals surface area contributed by atoms with Crippen molar-refractivity contribution in [2.24, 2.45) is 5.92 Å². The SMILES string of the molecule is CNC1CCC(COc2nc(Nc3cc(F)c(C(=O)N4CCOCC4)cc3OC)ncc2OC)CC1. The number of aromatic nitrogens is 2. The van der Waals surface area contributed by atoms with Gasteiger partial charge >= 0.3 is 0 Å². The molecule has 2 aromatic rings. The van der Waals surface area contributed by atoms with Crippen molar-refractivity contribution in [1.29, 1.82) is 0 Å². The van der Waals surface area contributed by atoms with Gasteiger partial charge in [-0.2, -0.15) is 4.98 Å². The average Bonchev–Trinajstić information content (AvgIpc) is 2.92. The molecular weight excluding hydrogens is 469 g/mol. The number of morpholine rings is 1. The largest absolute Gasteiger partial charge is 0.495 e. The molecule has 0 bridgehead atoms. The smallest absolute Gasteiger partial charge is 0.262 e. The van der Waals surface area contributed by atoms with Crippen LogP contribution in [-0.4, -0.2) is 81.0 Å². The zero-order valence-electron chi connectivity index (χ0n) is 21.0. The fourth-order valence-electron chi connectivity index (χ4n) is 4.51. The van der Waals surface area contributed by atoms with Gasteiger partial charge in [-0.05, 0) is 44.7 Å². The zero-order valence-corrected chi connectivity index (χ0v) is 21.0. The first-order valence-corrected chi connectivity index (χ1v) is 12.2. The molecule has 11 heteroatoms. The van der Waals surface area contributed by atoms with Crippen molar-refractivity contribution >= 4 is 17.5 Å². The van der Waals surface area contributed by atoms with Gasteiger partial charge in [0, 0.05) is 25.2 Å². The highest BCUT2D eigenvalue weighted by Crippen LogP contribution is 2.33. The van der Waals surface area contributed by atoms with Crippen LogP contribution in [0.5, 0.6) is 17.4 Å². The van der Waals surface area contributed by atoms with E-state index in [0.717, 1.165) is 25.7 Å². The van der Waals surface area contributed by atoms with E-state index in [9.17, 15) is 9.18 Å². The first kappa shape index (κ1) is 25.9. The zero-order chi connectivity index (χ0) is 25.5. The van der Waals surface area contributed by atoms with E-state index in [1.807, 2.05) is 7.05 Å². The summed E-state index contributed by atoms with van der Waals surface area (Å²) < 4.78 is 37.1. The minimum absolute atomic E-state index is 0.0630. The second-order valence-corrected chi connectivity index (χ2v) is 8.95. The number of carbonyl (C=O) groups excluding carboxylic acids is 1. The highest BCUT2D eigenvalue weighted by Gasteiger charge is 2.24. The molecule has 0 atom stereocenters. The third-order valence-corrected chi connectivity index (χ3v) is 6.72. The number of ether oxygens (including phenoxy) is 4. The van der Waals surface area contributed by atoms with Crippen molar-refractivity contribution in [3.05, 3.63) is 29.7 Å². The van der Waals surface area contributed by atoms with Gasteiger partial charge in [0.05, 0.1) is 51.5 Å². The van der Waals surface area contributed by atoms with E-state index < -0.39 is 11.7 Å². The van der Waals surface area contributed by atoms with Crippen LogP contribution >= 0.6 is 0 Å². The van der Waals surface area contributed by atoms with Gasteiger partial charge in [0.1, 0.15) is 11.6 Å². The van der Waals surface area contributed by atoms with E-state index >= 15 is 0 Å². The van der Waals surface area contributed by atoms with Crippen molar-refractivity contribution in [3.8, 4) is 17.4 Å². The molecule has 2 heterocycles. The highest BCUT2D eigenvalue weighted by atomic mass is 19.1. The highest BCUT2D eigenvalue weighted by molar-refractivity contribution is 5.96. The summed E-state index contributed by atoms with van der Waals surface area (Å²) in [6.07, 6.45) is 5.90. The lowest BCUT2D eigenvalue weighted by atomic mass is 9.87. The molecule has 1 aliphatic heterocycles. The third kappa shape index (κ3) is 6.14. The number of halogens is 1. The van der Waals surface area contributed by atoms with Crippen LogP contribution < -0.4 is 24.8 Å². The van der Waals surface area contributed by atoms with Crippen LogP contribution in [0.25, 0.3) is 0 Å². The Labute approximate surface area is 210 Å². The maximum atomic E-state index is 15.0. The number of nitrogens with one attached hydrogen (secondary N) is 2. The van der Waals surface area contributed by atoms with E-state index in [1.54, 1.807) is 4.90 Å². The number of carbonyl (C=O) groups is 1. The summed E-state index contributed by atoms with van der Waals surface area (Å²) in [4.78, 5) is 23.1. The molecule has 1 aliphatic carbocycles. The minimum atomic E-state index is -0.669. The summed E-state index contributed by atoms with van der Waals surface area (Å²) in [5, 5.41) is 6.31. The Morgan fingerprint density at radius 1 is 1.14 bits per heavy atom. The number of hydrogen-bond acceptors (Lipinski definition) is 9. The average molecular weight is 504 g/mol. The fourth-order valence-corrected chi connectivity index (χ4v) is 4.51. The van der Waals surface area contributed by atoms with E-state index in [2.05, 4.69) is 20.6 Å². The fraction of sp³-hybridized carbons (Fsp3) is 0.560. The van der Waals surface area contributed by atoms with Gasteiger partial charge in [0.15, 0.2) is 5.75 Å². The summed E-state index contributed by atoms with van der Waals surface area (Å²) >= 11 is 0. The van der Waals surface area contributed by atoms with E-state index in [-0.39, 0.29) is 22.9 Å². The van der Waals surface area contributed by atoms with Crippen LogP contribution in [0, 0.1) is 11.7 Å². The normalized spacial score (nSPS) is 20.1. The van der Waals surface area contributed by atoms with Gasteiger partial charge in [-0.3, -0.25) is 4.79 Å². The van der Waals surface area contributed by atoms with E-state index in [1.165, 1.54) is 32.5 Å². The molecule has 36 heavy (non-hydrogen) atoms. The molecule has 2 fully saturated rings. The quantitative estimate of drug-likeness (QED) is 0.534. The molecule has 1 saturated carbocycles. The van der Waals surface area contributed by atoms with Crippen LogP contribution in [0.4, 0.5) is 16.0 Å². The third-order valence-electron chi connectivity index (χ3n) is 6.72. The predicted molar refractivity (Wildman–Crippen MR) is 132 cm³/mol.